The molecule has 2 rings (SSSR count). The molecule has 2 amide bonds. The molecule has 0 aromatic heterocycles. The molecule has 1 saturated heterocycles. The van der Waals surface area contributed by atoms with Gasteiger partial charge in [0.1, 0.15) is 5.82 Å². The van der Waals surface area contributed by atoms with E-state index in [-0.39, 0.29) is 12.2 Å². The van der Waals surface area contributed by atoms with Crippen molar-refractivity contribution in [3.05, 3.63) is 30.1 Å². The first-order chi connectivity index (χ1) is 7.61. The Labute approximate surface area is 90.5 Å². The van der Waals surface area contributed by atoms with E-state index in [0.29, 0.717) is 0 Å². The predicted molar refractivity (Wildman–Crippen MR) is 53.7 cm³/mol. The fourth-order valence-corrected chi connectivity index (χ4v) is 1.62. The highest BCUT2D eigenvalue weighted by Gasteiger charge is 2.38. The predicted octanol–water partition coefficient (Wildman–Crippen LogP) is 0.808. The Bertz CT molecular complexity index is 449. The molecular formula is C10H9FN2O3. The molecule has 0 saturated carbocycles. The smallest absolute Gasteiger partial charge is 0.328 e. The summed E-state index contributed by atoms with van der Waals surface area (Å²) in [6.07, 6.45) is 0. The average molecular weight is 224 g/mol. The van der Waals surface area contributed by atoms with Gasteiger partial charge in [0.25, 0.3) is 0 Å². The molecule has 1 atom stereocenters. The fourth-order valence-electron chi connectivity index (χ4n) is 1.62. The van der Waals surface area contributed by atoms with Crippen molar-refractivity contribution in [2.45, 2.75) is 6.04 Å². The zero-order valence-corrected chi connectivity index (χ0v) is 8.18. The molecular weight excluding hydrogens is 215 g/mol. The summed E-state index contributed by atoms with van der Waals surface area (Å²) in [7, 11) is 0. The number of hydrogen-bond donors (Lipinski definition) is 2. The maximum absolute atomic E-state index is 13.4. The van der Waals surface area contributed by atoms with Gasteiger partial charge in [0.15, 0.2) is 6.04 Å². The van der Waals surface area contributed by atoms with E-state index in [1.807, 2.05) is 0 Å². The Morgan fingerprint density at radius 3 is 2.81 bits per heavy atom. The normalized spacial score (nSPS) is 19.7. The molecule has 0 bridgehead atoms. The fraction of sp³-hybridized carbons (Fsp3) is 0.200. The molecule has 0 aliphatic carbocycles. The van der Waals surface area contributed by atoms with Gasteiger partial charge in [-0.1, -0.05) is 12.1 Å². The third kappa shape index (κ3) is 1.58. The molecule has 1 fully saturated rings. The molecule has 84 valence electrons. The number of halogens is 1. The highest BCUT2D eigenvalue weighted by atomic mass is 19.1. The highest BCUT2D eigenvalue weighted by Crippen LogP contribution is 2.23. The van der Waals surface area contributed by atoms with Crippen molar-refractivity contribution in [2.24, 2.45) is 0 Å². The van der Waals surface area contributed by atoms with Crippen LogP contribution in [0.3, 0.4) is 0 Å². The number of anilines is 1. The van der Waals surface area contributed by atoms with E-state index < -0.39 is 23.9 Å². The standard InChI is InChI=1S/C10H9FN2O3/c11-6-3-1-2-4-7(6)13-8(9(14)15)5-12-10(13)16/h1-4,8H,5H2,(H,12,16)(H,14,15). The number of amides is 2. The van der Waals surface area contributed by atoms with E-state index in [1.54, 1.807) is 6.07 Å². The number of hydrogen-bond acceptors (Lipinski definition) is 2. The summed E-state index contributed by atoms with van der Waals surface area (Å²) in [5.41, 5.74) is -0.0232. The van der Waals surface area contributed by atoms with Crippen LogP contribution in [0, 0.1) is 5.82 Å². The molecule has 5 nitrogen and oxygen atoms in total. The van der Waals surface area contributed by atoms with Crippen molar-refractivity contribution in [1.82, 2.24) is 5.32 Å². The number of carboxylic acids is 1. The lowest BCUT2D eigenvalue weighted by Gasteiger charge is -2.20. The maximum Gasteiger partial charge on any atom is 0.328 e. The van der Waals surface area contributed by atoms with Crippen LogP contribution in [0.1, 0.15) is 0 Å². The van der Waals surface area contributed by atoms with Gasteiger partial charge < -0.3 is 10.4 Å². The van der Waals surface area contributed by atoms with Crippen LogP contribution in [-0.4, -0.2) is 29.7 Å². The lowest BCUT2D eigenvalue weighted by Crippen LogP contribution is -2.40. The molecule has 1 aliphatic heterocycles. The molecule has 0 spiro atoms. The van der Waals surface area contributed by atoms with Gasteiger partial charge in [0.2, 0.25) is 0 Å². The van der Waals surface area contributed by atoms with E-state index in [4.69, 9.17) is 5.11 Å². The van der Waals surface area contributed by atoms with E-state index >= 15 is 0 Å². The quantitative estimate of drug-likeness (QED) is 0.780. The van der Waals surface area contributed by atoms with Gasteiger partial charge in [-0.2, -0.15) is 0 Å². The molecule has 2 N–H and O–H groups in total. The first-order valence-electron chi connectivity index (χ1n) is 4.65. The number of aliphatic carboxylic acids is 1. The minimum atomic E-state index is -1.17. The second-order valence-electron chi connectivity index (χ2n) is 3.36. The van der Waals surface area contributed by atoms with E-state index in [1.165, 1.54) is 18.2 Å². The summed E-state index contributed by atoms with van der Waals surface area (Å²) in [5.74, 6) is -1.78. The van der Waals surface area contributed by atoms with Crippen LogP contribution in [0.15, 0.2) is 24.3 Å². The lowest BCUT2D eigenvalue weighted by molar-refractivity contribution is -0.137. The monoisotopic (exact) mass is 224 g/mol. The highest BCUT2D eigenvalue weighted by molar-refractivity contribution is 6.01. The van der Waals surface area contributed by atoms with E-state index in [0.717, 1.165) is 4.90 Å². The van der Waals surface area contributed by atoms with Crippen LogP contribution in [0.5, 0.6) is 0 Å². The molecule has 1 unspecified atom stereocenters. The Morgan fingerprint density at radius 2 is 2.19 bits per heavy atom. The first kappa shape index (κ1) is 10.4. The SMILES string of the molecule is O=C(O)C1CNC(=O)N1c1ccccc1F. The van der Waals surface area contributed by atoms with Crippen LogP contribution in [0.4, 0.5) is 14.9 Å². The van der Waals surface area contributed by atoms with Gasteiger partial charge in [-0.3, -0.25) is 4.90 Å². The van der Waals surface area contributed by atoms with Gasteiger partial charge in [-0.25, -0.2) is 14.0 Å². The zero-order valence-electron chi connectivity index (χ0n) is 8.18. The number of carbonyl (C=O) groups is 2. The number of nitrogens with zero attached hydrogens (tertiary/aromatic N) is 1. The first-order valence-corrected chi connectivity index (χ1v) is 4.65. The van der Waals surface area contributed by atoms with Crippen LogP contribution in [0.25, 0.3) is 0 Å². The van der Waals surface area contributed by atoms with Crippen LogP contribution >= 0.6 is 0 Å². The van der Waals surface area contributed by atoms with Gasteiger partial charge in [0, 0.05) is 0 Å². The summed E-state index contributed by atoms with van der Waals surface area (Å²) < 4.78 is 13.4. The number of urea groups is 1. The van der Waals surface area contributed by atoms with Crippen LogP contribution in [-0.2, 0) is 4.79 Å². The Balaban J connectivity index is 2.41. The van der Waals surface area contributed by atoms with Crippen molar-refractivity contribution >= 4 is 17.7 Å². The van der Waals surface area contributed by atoms with E-state index in [2.05, 4.69) is 5.32 Å². The maximum atomic E-state index is 13.4. The molecule has 6 heteroatoms. The lowest BCUT2D eigenvalue weighted by atomic mass is 10.2. The summed E-state index contributed by atoms with van der Waals surface area (Å²) in [4.78, 5) is 23.2. The zero-order chi connectivity index (χ0) is 11.7. The van der Waals surface area contributed by atoms with Crippen molar-refractivity contribution < 1.29 is 19.1 Å². The molecule has 1 heterocycles. The number of carbonyl (C=O) groups excluding carboxylic acids is 1. The van der Waals surface area contributed by atoms with Gasteiger partial charge in [0.05, 0.1) is 12.2 Å². The second-order valence-corrected chi connectivity index (χ2v) is 3.36. The second kappa shape index (κ2) is 3.80. The van der Waals surface area contributed by atoms with Gasteiger partial charge >= 0.3 is 12.0 Å². The Hall–Kier alpha value is -2.11. The summed E-state index contributed by atoms with van der Waals surface area (Å²) in [5, 5.41) is 11.3. The number of para-hydroxylation sites is 1. The third-order valence-corrected chi connectivity index (χ3v) is 2.37. The number of benzene rings is 1. The Morgan fingerprint density at radius 1 is 1.50 bits per heavy atom. The summed E-state index contributed by atoms with van der Waals surface area (Å²) >= 11 is 0. The average Bonchev–Trinajstić information content (AvgIpc) is 2.61. The third-order valence-electron chi connectivity index (χ3n) is 2.37. The van der Waals surface area contributed by atoms with Crippen molar-refractivity contribution in [2.75, 3.05) is 11.4 Å². The van der Waals surface area contributed by atoms with Gasteiger partial charge in [-0.05, 0) is 12.1 Å². The number of rotatable bonds is 2. The molecule has 1 aliphatic rings. The van der Waals surface area contributed by atoms with Crippen molar-refractivity contribution in [1.29, 1.82) is 0 Å². The minimum absolute atomic E-state index is 0.0232. The van der Waals surface area contributed by atoms with Crippen molar-refractivity contribution in [3.63, 3.8) is 0 Å². The number of nitrogens with one attached hydrogen (secondary N) is 1. The van der Waals surface area contributed by atoms with Crippen LogP contribution in [0.2, 0.25) is 0 Å². The molecule has 16 heavy (non-hydrogen) atoms. The summed E-state index contributed by atoms with van der Waals surface area (Å²) in [6.45, 7) is -0.0253. The topological polar surface area (TPSA) is 69.6 Å². The Kier molecular flexibility index (Phi) is 2.47. The summed E-state index contributed by atoms with van der Waals surface area (Å²) in [6, 6.07) is 3.91. The largest absolute Gasteiger partial charge is 0.480 e. The molecule has 0 radical (unpaired) electrons. The molecule has 1 aromatic rings. The number of carboxylic acid groups (broad SMARTS) is 1. The van der Waals surface area contributed by atoms with Gasteiger partial charge in [-0.15, -0.1) is 0 Å². The minimum Gasteiger partial charge on any atom is -0.480 e. The van der Waals surface area contributed by atoms with E-state index in [9.17, 15) is 14.0 Å². The van der Waals surface area contributed by atoms with Crippen molar-refractivity contribution in [3.8, 4) is 0 Å². The molecule has 1 aromatic carbocycles. The van der Waals surface area contributed by atoms with Crippen LogP contribution < -0.4 is 10.2 Å².